The van der Waals surface area contributed by atoms with Crippen LogP contribution >= 0.6 is 31.9 Å². The maximum absolute atomic E-state index is 12.6. The fourth-order valence-electron chi connectivity index (χ4n) is 2.60. The molecule has 1 atom stereocenters. The molecule has 96 valence electrons. The van der Waals surface area contributed by atoms with E-state index in [4.69, 9.17) is 0 Å². The Balaban J connectivity index is 1.99. The van der Waals surface area contributed by atoms with Crippen LogP contribution in [0.5, 0.6) is 0 Å². The van der Waals surface area contributed by atoms with Gasteiger partial charge >= 0.3 is 0 Å². The summed E-state index contributed by atoms with van der Waals surface area (Å²) in [5.41, 5.74) is 3.02. The summed E-state index contributed by atoms with van der Waals surface area (Å²) in [7, 11) is 0. The highest BCUT2D eigenvalue weighted by Gasteiger charge is 2.48. The molecule has 0 amide bonds. The number of benzene rings is 2. The smallest absolute Gasteiger partial charge is 0.169 e. The number of ketones is 1. The number of rotatable bonds is 2. The average molecular weight is 380 g/mol. The second-order valence-corrected chi connectivity index (χ2v) is 8.34. The van der Waals surface area contributed by atoms with E-state index in [9.17, 15) is 4.79 Å². The summed E-state index contributed by atoms with van der Waals surface area (Å²) < 4.78 is -0.455. The van der Waals surface area contributed by atoms with Crippen molar-refractivity contribution in [1.82, 2.24) is 0 Å². The van der Waals surface area contributed by atoms with Crippen LogP contribution in [-0.4, -0.2) is 5.78 Å². The van der Waals surface area contributed by atoms with Crippen LogP contribution in [0, 0.1) is 5.92 Å². The highest BCUT2D eigenvalue weighted by Crippen LogP contribution is 2.53. The molecule has 0 saturated heterocycles. The summed E-state index contributed by atoms with van der Waals surface area (Å²) in [6.07, 6.45) is 0.727. The predicted octanol–water partition coefficient (Wildman–Crippen LogP) is 4.68. The highest BCUT2D eigenvalue weighted by molar-refractivity contribution is 9.24. The quantitative estimate of drug-likeness (QED) is 0.692. The van der Waals surface area contributed by atoms with E-state index in [1.54, 1.807) is 0 Å². The Morgan fingerprint density at radius 2 is 1.58 bits per heavy atom. The highest BCUT2D eigenvalue weighted by atomic mass is 79.9. The molecule has 1 nitrogen and oxygen atoms in total. The first-order valence-electron chi connectivity index (χ1n) is 6.16. The van der Waals surface area contributed by atoms with E-state index in [-0.39, 0.29) is 11.7 Å². The number of fused-ring (bicyclic) bond motifs is 1. The number of hydrogen-bond donors (Lipinski definition) is 0. The summed E-state index contributed by atoms with van der Waals surface area (Å²) in [4.78, 5) is 12.6. The number of carbonyl (C=O) groups is 1. The van der Waals surface area contributed by atoms with Gasteiger partial charge in [-0.1, -0.05) is 86.5 Å². The van der Waals surface area contributed by atoms with Crippen molar-refractivity contribution in [2.24, 2.45) is 5.92 Å². The molecule has 0 N–H and O–H groups in total. The summed E-state index contributed by atoms with van der Waals surface area (Å²) in [6, 6.07) is 17.9. The van der Waals surface area contributed by atoms with Gasteiger partial charge < -0.3 is 0 Å². The lowest BCUT2D eigenvalue weighted by Crippen LogP contribution is -2.23. The molecular weight excluding hydrogens is 368 g/mol. The van der Waals surface area contributed by atoms with Crippen molar-refractivity contribution in [2.45, 2.75) is 9.65 Å². The molecule has 1 unspecified atom stereocenters. The number of Topliss-reactive ketones (excluding diaryl/α,β-unsaturated/α-hetero) is 1. The third-order valence-electron chi connectivity index (χ3n) is 3.59. The Kier molecular flexibility index (Phi) is 3.35. The van der Waals surface area contributed by atoms with Crippen LogP contribution in [-0.2, 0) is 9.65 Å². The summed E-state index contributed by atoms with van der Waals surface area (Å²) in [5.74, 6) is 0.0838. The average Bonchev–Trinajstić information content (AvgIpc) is 2.62. The van der Waals surface area contributed by atoms with Gasteiger partial charge in [-0.25, -0.2) is 0 Å². The first kappa shape index (κ1) is 13.1. The SMILES string of the molecule is O=C1c2ccccc2C(Br)(Br)C1Cc1ccccc1. The monoisotopic (exact) mass is 378 g/mol. The van der Waals surface area contributed by atoms with Crippen molar-refractivity contribution in [3.05, 3.63) is 71.3 Å². The Morgan fingerprint density at radius 3 is 2.26 bits per heavy atom. The normalized spacial score (nSPS) is 20.3. The van der Waals surface area contributed by atoms with E-state index in [1.807, 2.05) is 42.5 Å². The van der Waals surface area contributed by atoms with Crippen molar-refractivity contribution >= 4 is 37.6 Å². The largest absolute Gasteiger partial charge is 0.294 e. The van der Waals surface area contributed by atoms with Crippen LogP contribution in [0.4, 0.5) is 0 Å². The molecule has 0 aliphatic heterocycles. The topological polar surface area (TPSA) is 17.1 Å². The number of halogens is 2. The molecule has 3 rings (SSSR count). The zero-order chi connectivity index (χ0) is 13.5. The minimum Gasteiger partial charge on any atom is -0.294 e. The Labute approximate surface area is 129 Å². The van der Waals surface area contributed by atoms with E-state index < -0.39 is 3.23 Å². The van der Waals surface area contributed by atoms with Gasteiger partial charge in [0, 0.05) is 5.56 Å². The van der Waals surface area contributed by atoms with E-state index >= 15 is 0 Å². The molecule has 0 fully saturated rings. The lowest BCUT2D eigenvalue weighted by Gasteiger charge is -2.22. The Hall–Kier alpha value is -0.930. The van der Waals surface area contributed by atoms with Crippen LogP contribution < -0.4 is 0 Å². The molecule has 0 saturated carbocycles. The molecule has 0 spiro atoms. The van der Waals surface area contributed by atoms with Crippen molar-refractivity contribution in [3.8, 4) is 0 Å². The van der Waals surface area contributed by atoms with Gasteiger partial charge in [0.25, 0.3) is 0 Å². The van der Waals surface area contributed by atoms with E-state index in [1.165, 1.54) is 5.56 Å². The standard InChI is InChI=1S/C16H12Br2O/c17-16(18)13-9-5-4-8-12(13)15(19)14(16)10-11-6-2-1-3-7-11/h1-9,14H,10H2. The lowest BCUT2D eigenvalue weighted by atomic mass is 9.95. The first-order valence-corrected chi connectivity index (χ1v) is 7.75. The third kappa shape index (κ3) is 2.19. The molecule has 3 heteroatoms. The molecule has 0 heterocycles. The number of hydrogen-bond acceptors (Lipinski definition) is 1. The van der Waals surface area contributed by atoms with Crippen LogP contribution in [0.2, 0.25) is 0 Å². The molecule has 2 aromatic carbocycles. The molecule has 0 bridgehead atoms. The minimum absolute atomic E-state index is 0.118. The molecule has 1 aliphatic rings. The Morgan fingerprint density at radius 1 is 0.947 bits per heavy atom. The van der Waals surface area contributed by atoms with E-state index in [0.717, 1.165) is 17.5 Å². The van der Waals surface area contributed by atoms with Gasteiger partial charge in [-0.15, -0.1) is 0 Å². The third-order valence-corrected chi connectivity index (χ3v) is 5.55. The van der Waals surface area contributed by atoms with Gasteiger partial charge in [-0.05, 0) is 17.5 Å². The number of alkyl halides is 2. The van der Waals surface area contributed by atoms with Crippen LogP contribution in [0.1, 0.15) is 21.5 Å². The summed E-state index contributed by atoms with van der Waals surface area (Å²) in [5, 5.41) is 0. The van der Waals surface area contributed by atoms with Crippen molar-refractivity contribution in [1.29, 1.82) is 0 Å². The van der Waals surface area contributed by atoms with Crippen LogP contribution in [0.3, 0.4) is 0 Å². The van der Waals surface area contributed by atoms with Crippen molar-refractivity contribution < 1.29 is 4.79 Å². The van der Waals surface area contributed by atoms with Crippen LogP contribution in [0.25, 0.3) is 0 Å². The fourth-order valence-corrected chi connectivity index (χ4v) is 4.03. The van der Waals surface area contributed by atoms with Gasteiger partial charge in [0.05, 0.1) is 5.92 Å². The number of carbonyl (C=O) groups excluding carboxylic acids is 1. The lowest BCUT2D eigenvalue weighted by molar-refractivity contribution is 0.0932. The van der Waals surface area contributed by atoms with Crippen molar-refractivity contribution in [3.63, 3.8) is 0 Å². The zero-order valence-electron chi connectivity index (χ0n) is 10.1. The maximum Gasteiger partial charge on any atom is 0.169 e. The van der Waals surface area contributed by atoms with E-state index in [2.05, 4.69) is 44.0 Å². The first-order chi connectivity index (χ1) is 9.10. The second kappa shape index (κ2) is 4.88. The van der Waals surface area contributed by atoms with Gasteiger partial charge in [0.1, 0.15) is 3.23 Å². The molecule has 19 heavy (non-hydrogen) atoms. The predicted molar refractivity (Wildman–Crippen MR) is 83.9 cm³/mol. The maximum atomic E-state index is 12.6. The molecule has 0 aromatic heterocycles. The fraction of sp³-hybridized carbons (Fsp3) is 0.188. The van der Waals surface area contributed by atoms with Gasteiger partial charge in [-0.3, -0.25) is 4.79 Å². The van der Waals surface area contributed by atoms with Crippen molar-refractivity contribution in [2.75, 3.05) is 0 Å². The van der Waals surface area contributed by atoms with E-state index in [0.29, 0.717) is 0 Å². The zero-order valence-corrected chi connectivity index (χ0v) is 13.3. The molecule has 1 aliphatic carbocycles. The van der Waals surface area contributed by atoms with Crippen LogP contribution in [0.15, 0.2) is 54.6 Å². The molecular formula is C16H12Br2O. The molecule has 2 aromatic rings. The van der Waals surface area contributed by atoms with Gasteiger partial charge in [0.15, 0.2) is 5.78 Å². The molecule has 0 radical (unpaired) electrons. The van der Waals surface area contributed by atoms with Gasteiger partial charge in [0.2, 0.25) is 0 Å². The summed E-state index contributed by atoms with van der Waals surface area (Å²) >= 11 is 7.40. The summed E-state index contributed by atoms with van der Waals surface area (Å²) in [6.45, 7) is 0. The Bertz CT molecular complexity index is 620. The second-order valence-electron chi connectivity index (χ2n) is 4.78. The van der Waals surface area contributed by atoms with Gasteiger partial charge in [-0.2, -0.15) is 0 Å². The minimum atomic E-state index is -0.455.